The molecule has 0 atom stereocenters. The first kappa shape index (κ1) is 23.8. The van der Waals surface area contributed by atoms with Crippen molar-refractivity contribution in [2.24, 2.45) is 0 Å². The van der Waals surface area contributed by atoms with Gasteiger partial charge in [-0.25, -0.2) is 18.1 Å². The van der Waals surface area contributed by atoms with Crippen molar-refractivity contribution in [1.82, 2.24) is 14.7 Å². The Bertz CT molecular complexity index is 1250. The van der Waals surface area contributed by atoms with Gasteiger partial charge in [0.25, 0.3) is 15.9 Å². The second-order valence-electron chi connectivity index (χ2n) is 8.01. The molecule has 9 heteroatoms. The van der Waals surface area contributed by atoms with Crippen molar-refractivity contribution >= 4 is 27.5 Å². The largest absolute Gasteiger partial charge is 0.497 e. The molecule has 2 aromatic carbocycles. The number of carbonyl (C=O) groups excluding carboxylic acids is 1. The fourth-order valence-corrected chi connectivity index (χ4v) is 4.67. The van der Waals surface area contributed by atoms with Crippen molar-refractivity contribution in [2.75, 3.05) is 7.11 Å². The highest BCUT2D eigenvalue weighted by Gasteiger charge is 2.27. The summed E-state index contributed by atoms with van der Waals surface area (Å²) in [6.45, 7) is 7.97. The number of ether oxygens (including phenoxy) is 1. The predicted octanol–water partition coefficient (Wildman–Crippen LogP) is 5.10. The third kappa shape index (κ3) is 4.97. The van der Waals surface area contributed by atoms with E-state index in [2.05, 4.69) is 28.5 Å². The molecule has 0 aliphatic carbocycles. The number of methoxy groups -OCH3 is 1. The first-order valence-corrected chi connectivity index (χ1v) is 12.0. The van der Waals surface area contributed by atoms with Crippen molar-refractivity contribution in [1.29, 1.82) is 0 Å². The van der Waals surface area contributed by atoms with Crippen LogP contribution in [0.2, 0.25) is 5.02 Å². The number of benzene rings is 2. The number of sulfonamides is 1. The normalized spacial score (nSPS) is 11.8. The fraction of sp³-hybridized carbons (Fsp3) is 0.304. The van der Waals surface area contributed by atoms with Crippen LogP contribution in [-0.4, -0.2) is 31.4 Å². The molecule has 3 rings (SSSR count). The van der Waals surface area contributed by atoms with Crippen LogP contribution in [0.15, 0.2) is 47.4 Å². The lowest BCUT2D eigenvalue weighted by molar-refractivity contribution is 0.0975. The van der Waals surface area contributed by atoms with Crippen LogP contribution in [0, 0.1) is 0 Å². The number of rotatable bonds is 7. The lowest BCUT2D eigenvalue weighted by atomic mass is 10.0. The zero-order chi connectivity index (χ0) is 23.6. The Hall–Kier alpha value is -2.84. The maximum Gasteiger partial charge on any atom is 0.285 e. The number of aromatic amines is 1. The van der Waals surface area contributed by atoms with Crippen molar-refractivity contribution in [3.8, 4) is 17.1 Å². The van der Waals surface area contributed by atoms with Crippen LogP contribution >= 0.6 is 11.6 Å². The number of hydrogen-bond donors (Lipinski definition) is 2. The number of nitrogens with zero attached hydrogens (tertiary/aromatic N) is 1. The summed E-state index contributed by atoms with van der Waals surface area (Å²) in [5.74, 6) is 0.203. The SMILES string of the molecule is COc1ccc(Cl)c(S(=O)(=O)NC(=O)c2nc(-c3cccc(C(C)C)c3)[nH]c2C(C)C)c1. The van der Waals surface area contributed by atoms with E-state index >= 15 is 0 Å². The molecule has 0 radical (unpaired) electrons. The number of hydrogen-bond acceptors (Lipinski definition) is 5. The van der Waals surface area contributed by atoms with Crippen LogP contribution in [0.25, 0.3) is 11.4 Å². The molecular formula is C23H26ClN3O4S. The van der Waals surface area contributed by atoms with E-state index in [0.29, 0.717) is 23.2 Å². The number of carbonyl (C=O) groups is 1. The topological polar surface area (TPSA) is 101 Å². The second-order valence-corrected chi connectivity index (χ2v) is 10.1. The Labute approximate surface area is 193 Å². The van der Waals surface area contributed by atoms with Gasteiger partial charge in [-0.05, 0) is 35.6 Å². The van der Waals surface area contributed by atoms with Gasteiger partial charge >= 0.3 is 0 Å². The van der Waals surface area contributed by atoms with E-state index in [9.17, 15) is 13.2 Å². The van der Waals surface area contributed by atoms with Crippen LogP contribution in [0.4, 0.5) is 0 Å². The quantitative estimate of drug-likeness (QED) is 0.494. The van der Waals surface area contributed by atoms with Crippen molar-refractivity contribution in [3.63, 3.8) is 0 Å². The molecule has 0 unspecified atom stereocenters. The van der Waals surface area contributed by atoms with E-state index in [1.54, 1.807) is 0 Å². The minimum Gasteiger partial charge on any atom is -0.497 e. The highest BCUT2D eigenvalue weighted by atomic mass is 35.5. The lowest BCUT2D eigenvalue weighted by Gasteiger charge is -2.10. The molecule has 0 aliphatic heterocycles. The van der Waals surface area contributed by atoms with Gasteiger partial charge in [0.05, 0.1) is 17.8 Å². The number of H-pyrrole nitrogens is 1. The summed E-state index contributed by atoms with van der Waals surface area (Å²) in [4.78, 5) is 20.4. The van der Waals surface area contributed by atoms with Crippen LogP contribution < -0.4 is 9.46 Å². The summed E-state index contributed by atoms with van der Waals surface area (Å²) in [6.07, 6.45) is 0. The highest BCUT2D eigenvalue weighted by molar-refractivity contribution is 7.90. The molecule has 0 saturated heterocycles. The predicted molar refractivity (Wildman–Crippen MR) is 125 cm³/mol. The number of halogens is 1. The first-order valence-electron chi connectivity index (χ1n) is 10.1. The summed E-state index contributed by atoms with van der Waals surface area (Å²) in [6, 6.07) is 12.0. The molecule has 7 nitrogen and oxygen atoms in total. The molecule has 0 saturated carbocycles. The van der Waals surface area contributed by atoms with Gasteiger partial charge in [0.15, 0.2) is 5.69 Å². The molecule has 170 valence electrons. The molecule has 3 aromatic rings. The number of imidazole rings is 1. The summed E-state index contributed by atoms with van der Waals surface area (Å²) in [7, 11) is -2.84. The van der Waals surface area contributed by atoms with Crippen LogP contribution in [0.1, 0.15) is 61.3 Å². The van der Waals surface area contributed by atoms with Gasteiger partial charge in [-0.2, -0.15) is 0 Å². The molecule has 1 aromatic heterocycles. The maximum atomic E-state index is 13.0. The van der Waals surface area contributed by atoms with Crippen LogP contribution in [0.5, 0.6) is 5.75 Å². The maximum absolute atomic E-state index is 13.0. The fourth-order valence-electron chi connectivity index (χ4n) is 3.20. The van der Waals surface area contributed by atoms with Gasteiger partial charge in [0.1, 0.15) is 16.5 Å². The van der Waals surface area contributed by atoms with Gasteiger partial charge in [-0.3, -0.25) is 4.79 Å². The van der Waals surface area contributed by atoms with E-state index in [-0.39, 0.29) is 21.5 Å². The van der Waals surface area contributed by atoms with Crippen LogP contribution in [-0.2, 0) is 10.0 Å². The zero-order valence-corrected chi connectivity index (χ0v) is 20.1. The molecule has 0 bridgehead atoms. The van der Waals surface area contributed by atoms with Gasteiger partial charge in [0.2, 0.25) is 0 Å². The van der Waals surface area contributed by atoms with E-state index in [0.717, 1.165) is 11.1 Å². The van der Waals surface area contributed by atoms with E-state index in [1.165, 1.54) is 25.3 Å². The molecule has 2 N–H and O–H groups in total. The van der Waals surface area contributed by atoms with Crippen molar-refractivity contribution in [3.05, 3.63) is 64.4 Å². The van der Waals surface area contributed by atoms with Crippen molar-refractivity contribution < 1.29 is 17.9 Å². The second kappa shape index (κ2) is 9.34. The molecule has 0 spiro atoms. The average Bonchev–Trinajstić information content (AvgIpc) is 3.20. The smallest absolute Gasteiger partial charge is 0.285 e. The Morgan fingerprint density at radius 2 is 1.81 bits per heavy atom. The summed E-state index contributed by atoms with van der Waals surface area (Å²) in [5.41, 5.74) is 2.51. The first-order chi connectivity index (χ1) is 15.0. The Balaban J connectivity index is 1.99. The third-order valence-electron chi connectivity index (χ3n) is 5.01. The van der Waals surface area contributed by atoms with Crippen molar-refractivity contribution in [2.45, 2.75) is 44.4 Å². The van der Waals surface area contributed by atoms with E-state index in [4.69, 9.17) is 16.3 Å². The number of nitrogens with one attached hydrogen (secondary N) is 2. The van der Waals surface area contributed by atoms with Gasteiger partial charge in [-0.15, -0.1) is 0 Å². The highest BCUT2D eigenvalue weighted by Crippen LogP contribution is 2.28. The molecular weight excluding hydrogens is 450 g/mol. The van der Waals surface area contributed by atoms with E-state index in [1.807, 2.05) is 38.1 Å². The minimum absolute atomic E-state index is 0.0209. The molecule has 0 aliphatic rings. The standard InChI is InChI=1S/C23H26ClN3O4S/c1-13(2)15-7-6-8-16(11-15)22-25-20(14(3)4)21(26-22)23(28)27-32(29,30)19-12-17(31-5)9-10-18(19)24/h6-14H,1-5H3,(H,25,26)(H,27,28). The summed E-state index contributed by atoms with van der Waals surface area (Å²) in [5, 5.41) is -0.0246. The average molecular weight is 476 g/mol. The summed E-state index contributed by atoms with van der Waals surface area (Å²) >= 11 is 6.07. The Morgan fingerprint density at radius 1 is 1.09 bits per heavy atom. The number of amides is 1. The molecule has 0 fully saturated rings. The van der Waals surface area contributed by atoms with Gasteiger partial charge in [0, 0.05) is 11.6 Å². The Morgan fingerprint density at radius 3 is 2.44 bits per heavy atom. The van der Waals surface area contributed by atoms with Gasteiger partial charge in [-0.1, -0.05) is 57.5 Å². The molecule has 1 heterocycles. The molecule has 32 heavy (non-hydrogen) atoms. The minimum atomic E-state index is -4.25. The van der Waals surface area contributed by atoms with Gasteiger partial charge < -0.3 is 9.72 Å². The monoisotopic (exact) mass is 475 g/mol. The molecule has 1 amide bonds. The summed E-state index contributed by atoms with van der Waals surface area (Å²) < 4.78 is 32.9. The zero-order valence-electron chi connectivity index (χ0n) is 18.6. The lowest BCUT2D eigenvalue weighted by Crippen LogP contribution is -2.31. The third-order valence-corrected chi connectivity index (χ3v) is 6.82. The van der Waals surface area contributed by atoms with Crippen LogP contribution in [0.3, 0.4) is 0 Å². The Kier molecular flexibility index (Phi) is 6.95. The number of aromatic nitrogens is 2. The van der Waals surface area contributed by atoms with E-state index < -0.39 is 15.9 Å².